The number of carbonyl (C=O) groups excluding carboxylic acids is 1. The summed E-state index contributed by atoms with van der Waals surface area (Å²) in [5.41, 5.74) is -0.468. The molecule has 1 atom stereocenters. The summed E-state index contributed by atoms with van der Waals surface area (Å²) in [7, 11) is 1.77. The van der Waals surface area contributed by atoms with E-state index < -0.39 is 5.60 Å². The van der Waals surface area contributed by atoms with Crippen molar-refractivity contribution >= 4 is 40.0 Å². The number of nitrogens with zero attached hydrogens (tertiary/aromatic N) is 1. The summed E-state index contributed by atoms with van der Waals surface area (Å²) in [4.78, 5) is 14.9. The van der Waals surface area contributed by atoms with Gasteiger partial charge >= 0.3 is 6.09 Å². The molecule has 2 rings (SSSR count). The monoisotopic (exact) mass is 395 g/mol. The largest absolute Gasteiger partial charge is 0.490 e. The summed E-state index contributed by atoms with van der Waals surface area (Å²) in [5, 5.41) is 0. The van der Waals surface area contributed by atoms with Crippen LogP contribution in [0.2, 0.25) is 0 Å². The van der Waals surface area contributed by atoms with Gasteiger partial charge in [0.15, 0.2) is 0 Å². The second-order valence-corrected chi connectivity index (χ2v) is 8.63. The minimum atomic E-state index is -0.468. The number of amides is 1. The highest BCUT2D eigenvalue weighted by atomic mass is 127. The van der Waals surface area contributed by atoms with Gasteiger partial charge in [-0.05, 0) is 43.4 Å². The van der Waals surface area contributed by atoms with Crippen LogP contribution in [0.5, 0.6) is 5.75 Å². The Morgan fingerprint density at radius 3 is 2.89 bits per heavy atom. The third-order valence-corrected chi connectivity index (χ3v) is 4.72. The summed E-state index contributed by atoms with van der Waals surface area (Å²) in [6.45, 7) is 6.14. The van der Waals surface area contributed by atoms with E-state index in [1.54, 1.807) is 23.3 Å². The normalized spacial score (nSPS) is 18.5. The average molecular weight is 395 g/mol. The Kier molecular flexibility index (Phi) is 4.29. The van der Waals surface area contributed by atoms with Crippen LogP contribution in [0, 0.1) is 2.88 Å². The van der Waals surface area contributed by atoms with Crippen LogP contribution in [0.3, 0.4) is 0 Å². The Bertz CT molecular complexity index is 481. The molecule has 1 aromatic rings. The van der Waals surface area contributed by atoms with E-state index in [0.717, 1.165) is 12.2 Å². The minimum Gasteiger partial charge on any atom is -0.490 e. The van der Waals surface area contributed by atoms with E-state index in [0.29, 0.717) is 6.61 Å². The van der Waals surface area contributed by atoms with E-state index in [-0.39, 0.29) is 12.1 Å². The third kappa shape index (κ3) is 3.75. The van der Waals surface area contributed by atoms with Crippen LogP contribution in [0.4, 0.5) is 4.79 Å². The third-order valence-electron chi connectivity index (χ3n) is 2.82. The predicted octanol–water partition coefficient (Wildman–Crippen LogP) is 3.52. The number of ether oxygens (including phenoxy) is 2. The molecule has 1 unspecified atom stereocenters. The lowest BCUT2D eigenvalue weighted by atomic mass is 10.1. The highest BCUT2D eigenvalue weighted by molar-refractivity contribution is 14.1. The smallest absolute Gasteiger partial charge is 0.410 e. The molecule has 0 bridgehead atoms. The van der Waals surface area contributed by atoms with Gasteiger partial charge in [0.25, 0.3) is 0 Å². The fourth-order valence-corrected chi connectivity index (χ4v) is 3.81. The Labute approximate surface area is 131 Å². The molecule has 0 saturated heterocycles. The molecule has 0 spiro atoms. The van der Waals surface area contributed by atoms with E-state index in [4.69, 9.17) is 9.47 Å². The Morgan fingerprint density at radius 1 is 1.58 bits per heavy atom. The molecule has 0 radical (unpaired) electrons. The summed E-state index contributed by atoms with van der Waals surface area (Å²) < 4.78 is 12.3. The molecule has 1 aliphatic rings. The molecule has 1 amide bonds. The van der Waals surface area contributed by atoms with Crippen LogP contribution in [0.15, 0.2) is 6.07 Å². The van der Waals surface area contributed by atoms with E-state index in [1.807, 2.05) is 26.8 Å². The van der Waals surface area contributed by atoms with Crippen LogP contribution < -0.4 is 4.74 Å². The number of thiophene rings is 1. The van der Waals surface area contributed by atoms with Crippen molar-refractivity contribution in [3.8, 4) is 5.75 Å². The molecular weight excluding hydrogens is 377 g/mol. The highest BCUT2D eigenvalue weighted by Gasteiger charge is 2.30. The number of halogens is 1. The van der Waals surface area contributed by atoms with Gasteiger partial charge in [-0.15, -0.1) is 11.3 Å². The van der Waals surface area contributed by atoms with Gasteiger partial charge in [0.1, 0.15) is 18.0 Å². The van der Waals surface area contributed by atoms with Crippen LogP contribution in [0.1, 0.15) is 25.6 Å². The van der Waals surface area contributed by atoms with Crippen molar-refractivity contribution < 1.29 is 14.3 Å². The summed E-state index contributed by atoms with van der Waals surface area (Å²) >= 11 is 4.01. The molecule has 4 nitrogen and oxygen atoms in total. The van der Waals surface area contributed by atoms with E-state index in [9.17, 15) is 4.79 Å². The van der Waals surface area contributed by atoms with Gasteiger partial charge in [0.2, 0.25) is 0 Å². The van der Waals surface area contributed by atoms with Crippen LogP contribution in [0.25, 0.3) is 0 Å². The first-order valence-corrected chi connectivity index (χ1v) is 8.02. The van der Waals surface area contributed by atoms with Crippen molar-refractivity contribution in [1.29, 1.82) is 0 Å². The molecular formula is C13H18INO3S. The number of hydrogen-bond donors (Lipinski definition) is 0. The summed E-state index contributed by atoms with van der Waals surface area (Å²) in [6, 6.07) is 2.08. The van der Waals surface area contributed by atoms with Crippen LogP contribution >= 0.6 is 33.9 Å². The first kappa shape index (κ1) is 14.9. The fraction of sp³-hybridized carbons (Fsp3) is 0.615. The lowest BCUT2D eigenvalue weighted by molar-refractivity contribution is 0.0161. The maximum absolute atomic E-state index is 12.0. The van der Waals surface area contributed by atoms with Crippen molar-refractivity contribution in [2.75, 3.05) is 13.7 Å². The molecule has 106 valence electrons. The summed E-state index contributed by atoms with van der Waals surface area (Å²) in [5.74, 6) is 0.961. The molecule has 0 N–H and O–H groups in total. The molecule has 0 aromatic carbocycles. The maximum atomic E-state index is 12.0. The Hall–Kier alpha value is -0.500. The second-order valence-electron chi connectivity index (χ2n) is 5.60. The van der Waals surface area contributed by atoms with Crippen LogP contribution in [-0.4, -0.2) is 36.3 Å². The first-order valence-electron chi connectivity index (χ1n) is 6.13. The molecule has 6 heteroatoms. The molecule has 0 aliphatic carbocycles. The zero-order valence-corrected chi connectivity index (χ0v) is 14.5. The number of carbonyl (C=O) groups is 1. The van der Waals surface area contributed by atoms with Crippen molar-refractivity contribution in [1.82, 2.24) is 4.90 Å². The van der Waals surface area contributed by atoms with Gasteiger partial charge in [-0.25, -0.2) is 4.79 Å². The van der Waals surface area contributed by atoms with E-state index >= 15 is 0 Å². The standard InChI is InChI=1S/C13H18INO3S/c1-13(2,3)18-12(16)15(4)8-5-10-9(17-7-8)6-11(14)19-10/h6,8H,5,7H2,1-4H3. The Morgan fingerprint density at radius 2 is 2.26 bits per heavy atom. The van der Waals surface area contributed by atoms with Gasteiger partial charge < -0.3 is 14.4 Å². The van der Waals surface area contributed by atoms with Crippen molar-refractivity contribution in [3.05, 3.63) is 13.8 Å². The number of likely N-dealkylation sites (N-methyl/N-ethyl adjacent to an activating group) is 1. The first-order chi connectivity index (χ1) is 8.76. The minimum absolute atomic E-state index is 0.0387. The number of rotatable bonds is 1. The molecule has 19 heavy (non-hydrogen) atoms. The van der Waals surface area contributed by atoms with Gasteiger partial charge in [-0.2, -0.15) is 0 Å². The second kappa shape index (κ2) is 5.47. The lowest BCUT2D eigenvalue weighted by Gasteiger charge is -2.32. The topological polar surface area (TPSA) is 38.8 Å². The summed E-state index contributed by atoms with van der Waals surface area (Å²) in [6.07, 6.45) is 0.537. The van der Waals surface area contributed by atoms with Gasteiger partial charge in [-0.3, -0.25) is 0 Å². The zero-order valence-electron chi connectivity index (χ0n) is 11.5. The molecule has 1 aromatic heterocycles. The van der Waals surface area contributed by atoms with Crippen molar-refractivity contribution in [2.45, 2.75) is 38.8 Å². The zero-order chi connectivity index (χ0) is 14.2. The van der Waals surface area contributed by atoms with E-state index in [2.05, 4.69) is 22.6 Å². The van der Waals surface area contributed by atoms with Gasteiger partial charge in [0.05, 0.1) is 8.93 Å². The van der Waals surface area contributed by atoms with Gasteiger partial charge in [-0.1, -0.05) is 0 Å². The molecule has 0 fully saturated rings. The SMILES string of the molecule is CN(C(=O)OC(C)(C)C)C1COc2cc(I)sc2C1. The van der Waals surface area contributed by atoms with Gasteiger partial charge in [0, 0.05) is 24.4 Å². The molecule has 0 saturated carbocycles. The van der Waals surface area contributed by atoms with Crippen molar-refractivity contribution in [2.24, 2.45) is 0 Å². The lowest BCUT2D eigenvalue weighted by Crippen LogP contribution is -2.45. The fourth-order valence-electron chi connectivity index (χ4n) is 1.84. The highest BCUT2D eigenvalue weighted by Crippen LogP contribution is 2.35. The molecule has 2 heterocycles. The average Bonchev–Trinajstić information content (AvgIpc) is 2.64. The Balaban J connectivity index is 2.02. The van der Waals surface area contributed by atoms with Crippen LogP contribution in [-0.2, 0) is 11.2 Å². The molecule has 1 aliphatic heterocycles. The maximum Gasteiger partial charge on any atom is 0.410 e. The quantitative estimate of drug-likeness (QED) is 0.683. The number of fused-ring (bicyclic) bond motifs is 1. The van der Waals surface area contributed by atoms with E-state index in [1.165, 1.54) is 7.76 Å². The van der Waals surface area contributed by atoms with Crippen molar-refractivity contribution in [3.63, 3.8) is 0 Å². The number of hydrogen-bond acceptors (Lipinski definition) is 4. The predicted molar refractivity (Wildman–Crippen MR) is 84.0 cm³/mol.